The molecular weight excluding hydrogens is 294 g/mol. The Morgan fingerprint density at radius 2 is 1.91 bits per heavy atom. The summed E-state index contributed by atoms with van der Waals surface area (Å²) in [6.45, 7) is 4.50. The summed E-state index contributed by atoms with van der Waals surface area (Å²) in [4.78, 5) is 24.6. The molecule has 0 radical (unpaired) electrons. The largest absolute Gasteiger partial charge is 0.362 e. The lowest BCUT2D eigenvalue weighted by molar-refractivity contribution is -0.385. The number of amides is 1. The minimum absolute atomic E-state index is 0.00166. The maximum absolute atomic E-state index is 12.2. The lowest BCUT2D eigenvalue weighted by Crippen LogP contribution is -2.33. The summed E-state index contributed by atoms with van der Waals surface area (Å²) in [7, 11) is 0. The molecule has 6 nitrogen and oxygen atoms in total. The minimum atomic E-state index is -0.451. The standard InChI is InChI=1S/C17H19N3O3/c1-3-19(15-7-5-4-6-8-15)12-17(21)18-14-10-9-13(2)16(11-14)20(22)23/h4-11H,3,12H2,1-2H3,(H,18,21). The number of anilines is 2. The molecular formula is C17H19N3O3. The molecule has 0 aliphatic carbocycles. The van der Waals surface area contributed by atoms with E-state index in [1.54, 1.807) is 19.1 Å². The molecule has 0 aromatic heterocycles. The van der Waals surface area contributed by atoms with E-state index in [9.17, 15) is 14.9 Å². The van der Waals surface area contributed by atoms with Crippen molar-refractivity contribution in [3.05, 3.63) is 64.2 Å². The normalized spacial score (nSPS) is 10.2. The maximum atomic E-state index is 12.2. The summed E-state index contributed by atoms with van der Waals surface area (Å²) in [5.41, 5.74) is 1.95. The highest BCUT2D eigenvalue weighted by Crippen LogP contribution is 2.22. The maximum Gasteiger partial charge on any atom is 0.274 e. The monoisotopic (exact) mass is 313 g/mol. The van der Waals surface area contributed by atoms with Crippen LogP contribution in [-0.2, 0) is 4.79 Å². The van der Waals surface area contributed by atoms with Crippen LogP contribution in [0.15, 0.2) is 48.5 Å². The lowest BCUT2D eigenvalue weighted by atomic mass is 10.2. The summed E-state index contributed by atoms with van der Waals surface area (Å²) in [6, 6.07) is 14.3. The zero-order chi connectivity index (χ0) is 16.8. The van der Waals surface area contributed by atoms with Gasteiger partial charge in [-0.2, -0.15) is 0 Å². The predicted octanol–water partition coefficient (Wildman–Crippen LogP) is 3.37. The van der Waals surface area contributed by atoms with E-state index in [-0.39, 0.29) is 18.1 Å². The Hall–Kier alpha value is -2.89. The second-order valence-electron chi connectivity index (χ2n) is 5.16. The molecule has 0 saturated carbocycles. The van der Waals surface area contributed by atoms with E-state index in [0.29, 0.717) is 17.8 Å². The Kier molecular flexibility index (Phi) is 5.30. The quantitative estimate of drug-likeness (QED) is 0.655. The smallest absolute Gasteiger partial charge is 0.274 e. The van der Waals surface area contributed by atoms with E-state index < -0.39 is 4.92 Å². The molecule has 0 aliphatic rings. The van der Waals surface area contributed by atoms with Crippen LogP contribution in [0.25, 0.3) is 0 Å². The van der Waals surface area contributed by atoms with E-state index in [1.165, 1.54) is 6.07 Å². The zero-order valence-electron chi connectivity index (χ0n) is 13.2. The van der Waals surface area contributed by atoms with Crippen LogP contribution in [0.1, 0.15) is 12.5 Å². The Labute approximate surface area is 134 Å². The van der Waals surface area contributed by atoms with Crippen molar-refractivity contribution in [3.63, 3.8) is 0 Å². The third-order valence-corrected chi connectivity index (χ3v) is 3.53. The molecule has 120 valence electrons. The highest BCUT2D eigenvalue weighted by atomic mass is 16.6. The Morgan fingerprint density at radius 3 is 2.52 bits per heavy atom. The van der Waals surface area contributed by atoms with Gasteiger partial charge in [-0.05, 0) is 32.0 Å². The predicted molar refractivity (Wildman–Crippen MR) is 90.8 cm³/mol. The second-order valence-corrected chi connectivity index (χ2v) is 5.16. The van der Waals surface area contributed by atoms with Crippen LogP contribution >= 0.6 is 0 Å². The Bertz CT molecular complexity index is 701. The van der Waals surface area contributed by atoms with Crippen LogP contribution in [0.4, 0.5) is 17.1 Å². The summed E-state index contributed by atoms with van der Waals surface area (Å²) in [6.07, 6.45) is 0. The second kappa shape index (κ2) is 7.40. The molecule has 0 saturated heterocycles. The van der Waals surface area contributed by atoms with Crippen LogP contribution in [0.3, 0.4) is 0 Å². The molecule has 0 heterocycles. The number of rotatable bonds is 6. The van der Waals surface area contributed by atoms with Gasteiger partial charge in [0.25, 0.3) is 5.69 Å². The van der Waals surface area contributed by atoms with Gasteiger partial charge in [0.15, 0.2) is 0 Å². The van der Waals surface area contributed by atoms with Crippen molar-refractivity contribution in [1.82, 2.24) is 0 Å². The number of nitro benzene ring substituents is 1. The number of nitro groups is 1. The molecule has 1 N–H and O–H groups in total. The minimum Gasteiger partial charge on any atom is -0.362 e. The number of nitrogens with zero attached hydrogens (tertiary/aromatic N) is 2. The molecule has 2 rings (SSSR count). The van der Waals surface area contributed by atoms with Crippen molar-refractivity contribution >= 4 is 23.0 Å². The summed E-state index contributed by atoms with van der Waals surface area (Å²) >= 11 is 0. The van der Waals surface area contributed by atoms with Gasteiger partial charge in [-0.1, -0.05) is 24.3 Å². The van der Waals surface area contributed by atoms with Gasteiger partial charge in [-0.3, -0.25) is 14.9 Å². The number of para-hydroxylation sites is 1. The molecule has 0 fully saturated rings. The fraction of sp³-hybridized carbons (Fsp3) is 0.235. The topological polar surface area (TPSA) is 75.5 Å². The molecule has 0 spiro atoms. The number of likely N-dealkylation sites (N-methyl/N-ethyl adjacent to an activating group) is 1. The van der Waals surface area contributed by atoms with E-state index in [1.807, 2.05) is 42.2 Å². The highest BCUT2D eigenvalue weighted by Gasteiger charge is 2.14. The van der Waals surface area contributed by atoms with Crippen molar-refractivity contribution in [2.45, 2.75) is 13.8 Å². The zero-order valence-corrected chi connectivity index (χ0v) is 13.2. The van der Waals surface area contributed by atoms with Crippen LogP contribution in [0.2, 0.25) is 0 Å². The van der Waals surface area contributed by atoms with E-state index >= 15 is 0 Å². The molecule has 0 bridgehead atoms. The molecule has 6 heteroatoms. The van der Waals surface area contributed by atoms with E-state index in [0.717, 1.165) is 5.69 Å². The number of aryl methyl sites for hydroxylation is 1. The number of hydrogen-bond donors (Lipinski definition) is 1. The van der Waals surface area contributed by atoms with Crippen molar-refractivity contribution in [1.29, 1.82) is 0 Å². The average Bonchev–Trinajstić information content (AvgIpc) is 2.55. The van der Waals surface area contributed by atoms with Crippen LogP contribution in [-0.4, -0.2) is 23.9 Å². The summed E-state index contributed by atoms with van der Waals surface area (Å²) in [5.74, 6) is -0.214. The molecule has 0 unspecified atom stereocenters. The first-order valence-corrected chi connectivity index (χ1v) is 7.36. The number of carbonyl (C=O) groups excluding carboxylic acids is 1. The van der Waals surface area contributed by atoms with E-state index in [4.69, 9.17) is 0 Å². The number of carbonyl (C=O) groups is 1. The van der Waals surface area contributed by atoms with E-state index in [2.05, 4.69) is 5.32 Å². The fourth-order valence-corrected chi connectivity index (χ4v) is 2.28. The lowest BCUT2D eigenvalue weighted by Gasteiger charge is -2.22. The Morgan fingerprint density at radius 1 is 1.22 bits per heavy atom. The van der Waals surface area contributed by atoms with Crippen molar-refractivity contribution in [2.24, 2.45) is 0 Å². The van der Waals surface area contributed by atoms with Crippen LogP contribution in [0.5, 0.6) is 0 Å². The fourth-order valence-electron chi connectivity index (χ4n) is 2.28. The van der Waals surface area contributed by atoms with Gasteiger partial charge in [0.2, 0.25) is 5.91 Å². The molecule has 1 amide bonds. The van der Waals surface area contributed by atoms with Gasteiger partial charge < -0.3 is 10.2 Å². The summed E-state index contributed by atoms with van der Waals surface area (Å²) in [5, 5.41) is 13.7. The molecule has 0 aliphatic heterocycles. The van der Waals surface area contributed by atoms with Gasteiger partial charge in [-0.15, -0.1) is 0 Å². The van der Waals surface area contributed by atoms with Gasteiger partial charge in [0.1, 0.15) is 0 Å². The van der Waals surface area contributed by atoms with Crippen molar-refractivity contribution in [3.8, 4) is 0 Å². The first-order valence-electron chi connectivity index (χ1n) is 7.36. The number of benzene rings is 2. The molecule has 23 heavy (non-hydrogen) atoms. The SMILES string of the molecule is CCN(CC(=O)Nc1ccc(C)c([N+](=O)[O-])c1)c1ccccc1. The number of hydrogen-bond acceptors (Lipinski definition) is 4. The number of nitrogens with one attached hydrogen (secondary N) is 1. The molecule has 2 aromatic rings. The third kappa shape index (κ3) is 4.29. The van der Waals surface area contributed by atoms with Gasteiger partial charge in [-0.25, -0.2) is 0 Å². The van der Waals surface area contributed by atoms with Crippen molar-refractivity contribution in [2.75, 3.05) is 23.3 Å². The van der Waals surface area contributed by atoms with Gasteiger partial charge >= 0.3 is 0 Å². The van der Waals surface area contributed by atoms with Crippen LogP contribution < -0.4 is 10.2 Å². The average molecular weight is 313 g/mol. The summed E-state index contributed by atoms with van der Waals surface area (Å²) < 4.78 is 0. The first-order chi connectivity index (χ1) is 11.0. The molecule has 0 atom stereocenters. The Balaban J connectivity index is 2.07. The van der Waals surface area contributed by atoms with Gasteiger partial charge in [0.05, 0.1) is 11.5 Å². The molecule has 2 aromatic carbocycles. The van der Waals surface area contributed by atoms with Crippen LogP contribution in [0, 0.1) is 17.0 Å². The third-order valence-electron chi connectivity index (χ3n) is 3.53. The highest BCUT2D eigenvalue weighted by molar-refractivity contribution is 5.94. The van der Waals surface area contributed by atoms with Crippen molar-refractivity contribution < 1.29 is 9.72 Å². The first kappa shape index (κ1) is 16.5. The van der Waals surface area contributed by atoms with Gasteiger partial charge in [0, 0.05) is 29.5 Å².